The lowest BCUT2D eigenvalue weighted by atomic mass is 10.2. The number of carbonyl (C=O) groups is 1. The zero-order chi connectivity index (χ0) is 14.5. The molecule has 0 atom stereocenters. The van der Waals surface area contributed by atoms with Gasteiger partial charge in [0.2, 0.25) is 0 Å². The minimum Gasteiger partial charge on any atom is -0.461 e. The topological polar surface area (TPSA) is 44.1 Å². The third-order valence-electron chi connectivity index (χ3n) is 3.00. The molecule has 106 valence electrons. The number of hydrogen-bond donors (Lipinski definition) is 0. The van der Waals surface area contributed by atoms with Crippen molar-refractivity contribution in [1.29, 1.82) is 0 Å². The fourth-order valence-corrected chi connectivity index (χ4v) is 2.63. The molecule has 0 fully saturated rings. The van der Waals surface area contributed by atoms with E-state index >= 15 is 0 Å². The molecule has 0 spiro atoms. The number of thiophene rings is 1. The van der Waals surface area contributed by atoms with Crippen LogP contribution in [0.5, 0.6) is 0 Å². The van der Waals surface area contributed by atoms with Crippen molar-refractivity contribution in [1.82, 2.24) is 9.78 Å². The van der Waals surface area contributed by atoms with Crippen LogP contribution in [0.25, 0.3) is 5.69 Å². The molecule has 1 aromatic carbocycles. The van der Waals surface area contributed by atoms with Gasteiger partial charge in [0.05, 0.1) is 12.1 Å². The molecule has 21 heavy (non-hydrogen) atoms. The fraction of sp³-hybridized carbons (Fsp3) is 0.125. The number of nitrogens with zero attached hydrogens (tertiary/aromatic N) is 2. The van der Waals surface area contributed by atoms with Crippen molar-refractivity contribution >= 4 is 17.3 Å². The van der Waals surface area contributed by atoms with Crippen LogP contribution in [0.1, 0.15) is 10.4 Å². The van der Waals surface area contributed by atoms with Gasteiger partial charge in [-0.05, 0) is 35.2 Å². The number of carbonyl (C=O) groups excluding carboxylic acids is 1. The van der Waals surface area contributed by atoms with Gasteiger partial charge in [-0.3, -0.25) is 4.79 Å². The third-order valence-corrected chi connectivity index (χ3v) is 3.88. The van der Waals surface area contributed by atoms with Gasteiger partial charge in [-0.25, -0.2) is 4.68 Å². The maximum Gasteiger partial charge on any atom is 0.311 e. The molecule has 2 heterocycles. The van der Waals surface area contributed by atoms with Crippen LogP contribution in [0.3, 0.4) is 0 Å². The minimum absolute atomic E-state index is 0.200. The molecule has 0 aliphatic rings. The zero-order valence-electron chi connectivity index (χ0n) is 11.3. The molecule has 4 nitrogen and oxygen atoms in total. The van der Waals surface area contributed by atoms with Crippen LogP contribution in [0.15, 0.2) is 60.2 Å². The summed E-state index contributed by atoms with van der Waals surface area (Å²) in [4.78, 5) is 12.7. The van der Waals surface area contributed by atoms with Crippen LogP contribution < -0.4 is 0 Å². The van der Waals surface area contributed by atoms with Gasteiger partial charge in [-0.15, -0.1) is 11.3 Å². The maximum atomic E-state index is 11.7. The highest BCUT2D eigenvalue weighted by Gasteiger charge is 2.06. The summed E-state index contributed by atoms with van der Waals surface area (Å²) in [6, 6.07) is 13.5. The summed E-state index contributed by atoms with van der Waals surface area (Å²) in [5.74, 6) is -0.200. The summed E-state index contributed by atoms with van der Waals surface area (Å²) in [6.07, 6.45) is 3.96. The second-order valence-electron chi connectivity index (χ2n) is 4.53. The summed E-state index contributed by atoms with van der Waals surface area (Å²) >= 11 is 1.56. The van der Waals surface area contributed by atoms with Crippen molar-refractivity contribution in [2.45, 2.75) is 13.0 Å². The highest BCUT2D eigenvalue weighted by atomic mass is 32.1. The molecule has 0 bridgehead atoms. The molecule has 2 aromatic heterocycles. The molecule has 3 rings (SSSR count). The monoisotopic (exact) mass is 298 g/mol. The third kappa shape index (κ3) is 3.58. The highest BCUT2D eigenvalue weighted by Crippen LogP contribution is 2.12. The van der Waals surface area contributed by atoms with Gasteiger partial charge in [0.25, 0.3) is 0 Å². The lowest BCUT2D eigenvalue weighted by Crippen LogP contribution is -2.07. The molecule has 0 unspecified atom stereocenters. The predicted octanol–water partition coefficient (Wildman–Crippen LogP) is 3.22. The summed E-state index contributed by atoms with van der Waals surface area (Å²) in [5, 5.41) is 6.12. The molecular weight excluding hydrogens is 284 g/mol. The number of aromatic nitrogens is 2. The van der Waals surface area contributed by atoms with Crippen LogP contribution in [0.4, 0.5) is 0 Å². The lowest BCUT2D eigenvalue weighted by molar-refractivity contribution is -0.144. The van der Waals surface area contributed by atoms with Gasteiger partial charge in [-0.2, -0.15) is 5.10 Å². The Morgan fingerprint density at radius 2 is 2.05 bits per heavy atom. The summed E-state index contributed by atoms with van der Waals surface area (Å²) in [5.41, 5.74) is 1.94. The number of benzene rings is 1. The summed E-state index contributed by atoms with van der Waals surface area (Å²) < 4.78 is 7.06. The van der Waals surface area contributed by atoms with Crippen molar-refractivity contribution in [3.05, 3.63) is 70.7 Å². The molecule has 0 aliphatic heterocycles. The van der Waals surface area contributed by atoms with Gasteiger partial charge < -0.3 is 4.74 Å². The van der Waals surface area contributed by atoms with E-state index in [-0.39, 0.29) is 5.97 Å². The quantitative estimate of drug-likeness (QED) is 0.679. The van der Waals surface area contributed by atoms with Gasteiger partial charge in [0.15, 0.2) is 0 Å². The van der Waals surface area contributed by atoms with Crippen molar-refractivity contribution in [2.75, 3.05) is 0 Å². The Morgan fingerprint density at radius 1 is 1.19 bits per heavy atom. The molecule has 0 amide bonds. The number of esters is 1. The molecule has 0 N–H and O–H groups in total. The molecule has 0 radical (unpaired) electrons. The van der Waals surface area contributed by atoms with Crippen molar-refractivity contribution < 1.29 is 9.53 Å². The smallest absolute Gasteiger partial charge is 0.311 e. The Morgan fingerprint density at radius 3 is 2.71 bits per heavy atom. The Labute approximate surface area is 126 Å². The number of hydrogen-bond acceptors (Lipinski definition) is 4. The van der Waals surface area contributed by atoms with E-state index in [0.717, 1.165) is 16.1 Å². The summed E-state index contributed by atoms with van der Waals surface area (Å²) in [7, 11) is 0. The van der Waals surface area contributed by atoms with Gasteiger partial charge >= 0.3 is 5.97 Å². The van der Waals surface area contributed by atoms with Crippen LogP contribution in [0, 0.1) is 0 Å². The molecule has 3 aromatic rings. The Hall–Kier alpha value is -2.40. The van der Waals surface area contributed by atoms with Gasteiger partial charge in [0.1, 0.15) is 6.61 Å². The molecule has 0 aliphatic carbocycles. The van der Waals surface area contributed by atoms with E-state index in [1.54, 1.807) is 22.2 Å². The fourth-order valence-electron chi connectivity index (χ4n) is 1.94. The van der Waals surface area contributed by atoms with E-state index in [1.807, 2.05) is 54.0 Å². The normalized spacial score (nSPS) is 10.5. The first-order valence-corrected chi connectivity index (χ1v) is 7.46. The number of rotatable bonds is 5. The number of ether oxygens (including phenoxy) is 1. The van der Waals surface area contributed by atoms with Crippen LogP contribution >= 0.6 is 11.3 Å². The van der Waals surface area contributed by atoms with Crippen LogP contribution in [0.2, 0.25) is 0 Å². The molecule has 0 saturated carbocycles. The van der Waals surface area contributed by atoms with Gasteiger partial charge in [0, 0.05) is 17.3 Å². The Kier molecular flexibility index (Phi) is 4.12. The maximum absolute atomic E-state index is 11.7. The molecular formula is C16H14N2O2S. The first-order valence-electron chi connectivity index (χ1n) is 6.58. The van der Waals surface area contributed by atoms with Crippen molar-refractivity contribution in [3.8, 4) is 5.69 Å². The average molecular weight is 298 g/mol. The SMILES string of the molecule is O=C(Cc1cccs1)OCc1ccc(-n2cccn2)cc1. The average Bonchev–Trinajstić information content (AvgIpc) is 3.19. The van der Waals surface area contributed by atoms with Crippen molar-refractivity contribution in [2.24, 2.45) is 0 Å². The Balaban J connectivity index is 1.55. The van der Waals surface area contributed by atoms with E-state index in [2.05, 4.69) is 5.10 Å². The predicted molar refractivity (Wildman–Crippen MR) is 81.4 cm³/mol. The standard InChI is InChI=1S/C16H14N2O2S/c19-16(11-15-3-1-10-21-15)20-12-13-4-6-14(7-5-13)18-9-2-8-17-18/h1-10H,11-12H2. The Bertz CT molecular complexity index is 688. The van der Waals surface area contributed by atoms with Crippen molar-refractivity contribution in [3.63, 3.8) is 0 Å². The highest BCUT2D eigenvalue weighted by molar-refractivity contribution is 7.10. The van der Waals surface area contributed by atoms with E-state index in [0.29, 0.717) is 13.0 Å². The summed E-state index contributed by atoms with van der Waals surface area (Å²) in [6.45, 7) is 0.295. The first kappa shape index (κ1) is 13.6. The van der Waals surface area contributed by atoms with Gasteiger partial charge in [-0.1, -0.05) is 18.2 Å². The van der Waals surface area contributed by atoms with E-state index in [1.165, 1.54) is 0 Å². The minimum atomic E-state index is -0.200. The first-order chi connectivity index (χ1) is 10.3. The van der Waals surface area contributed by atoms with Crippen LogP contribution in [-0.4, -0.2) is 15.7 Å². The van der Waals surface area contributed by atoms with E-state index in [9.17, 15) is 4.79 Å². The van der Waals surface area contributed by atoms with E-state index < -0.39 is 0 Å². The molecule has 0 saturated heterocycles. The largest absolute Gasteiger partial charge is 0.461 e. The second-order valence-corrected chi connectivity index (χ2v) is 5.57. The van der Waals surface area contributed by atoms with Crippen LogP contribution in [-0.2, 0) is 22.6 Å². The lowest BCUT2D eigenvalue weighted by Gasteiger charge is -2.06. The van der Waals surface area contributed by atoms with E-state index in [4.69, 9.17) is 4.74 Å². The molecule has 5 heteroatoms. The zero-order valence-corrected chi connectivity index (χ0v) is 12.1. The second kappa shape index (κ2) is 6.37.